The molecule has 8 heteroatoms. The van der Waals surface area contributed by atoms with Crippen molar-refractivity contribution in [3.8, 4) is 5.75 Å². The van der Waals surface area contributed by atoms with E-state index in [1.54, 1.807) is 0 Å². The molecule has 0 bridgehead atoms. The van der Waals surface area contributed by atoms with Crippen LogP contribution in [0.5, 0.6) is 5.75 Å². The van der Waals surface area contributed by atoms with Gasteiger partial charge in [0.25, 0.3) is 0 Å². The average molecular weight is 283 g/mol. The van der Waals surface area contributed by atoms with Gasteiger partial charge >= 0.3 is 0 Å². The number of benzene rings is 1. The SMILES string of the molecule is Nc1ncnc(Nc2cc(O)c(Cl)cc2F)c1C=O. The van der Waals surface area contributed by atoms with E-state index >= 15 is 0 Å². The third-order valence-electron chi connectivity index (χ3n) is 2.32. The smallest absolute Gasteiger partial charge is 0.157 e. The molecule has 0 radical (unpaired) electrons. The third-order valence-corrected chi connectivity index (χ3v) is 2.62. The molecule has 0 spiro atoms. The molecule has 0 aliphatic rings. The van der Waals surface area contributed by atoms with Gasteiger partial charge in [0.1, 0.15) is 29.5 Å². The van der Waals surface area contributed by atoms with E-state index in [1.165, 1.54) is 0 Å². The molecule has 0 fully saturated rings. The van der Waals surface area contributed by atoms with Crippen LogP contribution in [0.15, 0.2) is 18.5 Å². The van der Waals surface area contributed by atoms with Crippen LogP contribution in [0.1, 0.15) is 10.4 Å². The van der Waals surface area contributed by atoms with Gasteiger partial charge in [0.15, 0.2) is 6.29 Å². The Kier molecular flexibility index (Phi) is 3.48. The summed E-state index contributed by atoms with van der Waals surface area (Å²) in [6.07, 6.45) is 1.57. The van der Waals surface area contributed by atoms with Crippen LogP contribution in [0.25, 0.3) is 0 Å². The lowest BCUT2D eigenvalue weighted by atomic mass is 10.2. The highest BCUT2D eigenvalue weighted by atomic mass is 35.5. The molecule has 0 aliphatic heterocycles. The van der Waals surface area contributed by atoms with E-state index in [2.05, 4.69) is 15.3 Å². The van der Waals surface area contributed by atoms with Crippen molar-refractivity contribution in [2.75, 3.05) is 11.1 Å². The zero-order valence-corrected chi connectivity index (χ0v) is 10.1. The summed E-state index contributed by atoms with van der Waals surface area (Å²) in [5, 5.41) is 11.8. The Labute approximate surface area is 112 Å². The molecule has 19 heavy (non-hydrogen) atoms. The molecule has 98 valence electrons. The summed E-state index contributed by atoms with van der Waals surface area (Å²) in [5.41, 5.74) is 5.39. The predicted molar refractivity (Wildman–Crippen MR) is 68.2 cm³/mol. The molecule has 2 aromatic rings. The third kappa shape index (κ3) is 2.55. The van der Waals surface area contributed by atoms with Crippen LogP contribution in [0, 0.1) is 5.82 Å². The molecule has 0 atom stereocenters. The lowest BCUT2D eigenvalue weighted by Gasteiger charge is -2.10. The number of carbonyl (C=O) groups excluding carboxylic acids is 1. The first-order valence-electron chi connectivity index (χ1n) is 5.03. The summed E-state index contributed by atoms with van der Waals surface area (Å²) in [4.78, 5) is 18.3. The highest BCUT2D eigenvalue weighted by molar-refractivity contribution is 6.32. The Bertz CT molecular complexity index is 651. The summed E-state index contributed by atoms with van der Waals surface area (Å²) in [5.74, 6) is -1.02. The molecule has 1 aromatic heterocycles. The highest BCUT2D eigenvalue weighted by Gasteiger charge is 2.12. The fourth-order valence-electron chi connectivity index (χ4n) is 1.39. The molecule has 1 aromatic carbocycles. The largest absolute Gasteiger partial charge is 0.506 e. The van der Waals surface area contributed by atoms with Gasteiger partial charge in [-0.3, -0.25) is 4.79 Å². The number of hydrogen-bond donors (Lipinski definition) is 3. The number of hydrogen-bond acceptors (Lipinski definition) is 6. The van der Waals surface area contributed by atoms with Gasteiger partial charge in [0.05, 0.1) is 16.3 Å². The van der Waals surface area contributed by atoms with Crippen LogP contribution in [-0.4, -0.2) is 21.4 Å². The number of anilines is 3. The Morgan fingerprint density at radius 3 is 2.84 bits per heavy atom. The van der Waals surface area contributed by atoms with Crippen LogP contribution >= 0.6 is 11.6 Å². The van der Waals surface area contributed by atoms with Crippen LogP contribution in [0.2, 0.25) is 5.02 Å². The molecule has 0 saturated heterocycles. The van der Waals surface area contributed by atoms with Crippen LogP contribution in [0.3, 0.4) is 0 Å². The van der Waals surface area contributed by atoms with Gasteiger partial charge < -0.3 is 16.2 Å². The molecule has 4 N–H and O–H groups in total. The van der Waals surface area contributed by atoms with E-state index in [4.69, 9.17) is 17.3 Å². The van der Waals surface area contributed by atoms with Gasteiger partial charge in [0, 0.05) is 6.07 Å². The first-order valence-corrected chi connectivity index (χ1v) is 5.41. The second-order valence-corrected chi connectivity index (χ2v) is 3.95. The number of halogens is 2. The minimum atomic E-state index is -0.711. The van der Waals surface area contributed by atoms with Gasteiger partial charge in [-0.15, -0.1) is 0 Å². The maximum absolute atomic E-state index is 13.6. The number of nitrogens with zero attached hydrogens (tertiary/aromatic N) is 2. The van der Waals surface area contributed by atoms with Crippen molar-refractivity contribution in [1.29, 1.82) is 0 Å². The lowest BCUT2D eigenvalue weighted by Crippen LogP contribution is -2.05. The van der Waals surface area contributed by atoms with Gasteiger partial charge in [-0.1, -0.05) is 11.6 Å². The van der Waals surface area contributed by atoms with Crippen molar-refractivity contribution < 1.29 is 14.3 Å². The number of aromatic hydroxyl groups is 1. The Morgan fingerprint density at radius 1 is 1.42 bits per heavy atom. The lowest BCUT2D eigenvalue weighted by molar-refractivity contribution is 0.112. The standard InChI is InChI=1S/C11H8ClFN4O2/c12-6-1-7(13)8(2-9(6)19)17-11-5(3-18)10(14)15-4-16-11/h1-4,19H,(H3,14,15,16,17). The number of nitrogen functional groups attached to an aromatic ring is 1. The first kappa shape index (κ1) is 13.0. The number of phenols is 1. The Hall–Kier alpha value is -2.41. The minimum Gasteiger partial charge on any atom is -0.506 e. The van der Waals surface area contributed by atoms with Crippen molar-refractivity contribution >= 4 is 35.2 Å². The molecular formula is C11H8ClFN4O2. The molecule has 0 amide bonds. The Balaban J connectivity index is 2.45. The van der Waals surface area contributed by atoms with E-state index in [0.717, 1.165) is 18.5 Å². The second-order valence-electron chi connectivity index (χ2n) is 3.55. The van der Waals surface area contributed by atoms with Crippen molar-refractivity contribution in [1.82, 2.24) is 9.97 Å². The van der Waals surface area contributed by atoms with E-state index in [0.29, 0.717) is 6.29 Å². The van der Waals surface area contributed by atoms with E-state index in [-0.39, 0.29) is 33.7 Å². The summed E-state index contributed by atoms with van der Waals surface area (Å²) < 4.78 is 13.6. The molecule has 0 unspecified atom stereocenters. The fraction of sp³-hybridized carbons (Fsp3) is 0. The van der Waals surface area contributed by atoms with Crippen LogP contribution in [-0.2, 0) is 0 Å². The summed E-state index contributed by atoms with van der Waals surface area (Å²) in [6, 6.07) is 2.01. The molecule has 1 heterocycles. The normalized spacial score (nSPS) is 10.2. The molecule has 2 rings (SSSR count). The van der Waals surface area contributed by atoms with Gasteiger partial charge in [-0.25, -0.2) is 14.4 Å². The van der Waals surface area contributed by atoms with Gasteiger partial charge in [0.2, 0.25) is 0 Å². The topological polar surface area (TPSA) is 101 Å². The van der Waals surface area contributed by atoms with Crippen molar-refractivity contribution in [3.05, 3.63) is 34.9 Å². The second kappa shape index (κ2) is 5.07. The van der Waals surface area contributed by atoms with E-state index < -0.39 is 5.82 Å². The summed E-state index contributed by atoms with van der Waals surface area (Å²) in [6.45, 7) is 0. The monoisotopic (exact) mass is 282 g/mol. The van der Waals surface area contributed by atoms with E-state index in [9.17, 15) is 14.3 Å². The number of carbonyl (C=O) groups is 1. The number of rotatable bonds is 3. The Morgan fingerprint density at radius 2 is 2.16 bits per heavy atom. The minimum absolute atomic E-state index is 0.00339. The maximum Gasteiger partial charge on any atom is 0.157 e. The summed E-state index contributed by atoms with van der Waals surface area (Å²) in [7, 11) is 0. The predicted octanol–water partition coefficient (Wildman–Crippen LogP) is 2.11. The van der Waals surface area contributed by atoms with Gasteiger partial charge in [-0.2, -0.15) is 0 Å². The van der Waals surface area contributed by atoms with Gasteiger partial charge in [-0.05, 0) is 6.07 Å². The molecule has 0 saturated carbocycles. The van der Waals surface area contributed by atoms with E-state index in [1.807, 2.05) is 0 Å². The molecule has 0 aliphatic carbocycles. The number of nitrogens with two attached hydrogens (primary N) is 1. The fourth-order valence-corrected chi connectivity index (χ4v) is 1.54. The highest BCUT2D eigenvalue weighted by Crippen LogP contribution is 2.31. The van der Waals surface area contributed by atoms with Crippen LogP contribution < -0.4 is 11.1 Å². The maximum atomic E-state index is 13.6. The number of phenolic OH excluding ortho intramolecular Hbond substituents is 1. The number of nitrogens with one attached hydrogen (secondary N) is 1. The van der Waals surface area contributed by atoms with Crippen molar-refractivity contribution in [3.63, 3.8) is 0 Å². The number of aromatic nitrogens is 2. The average Bonchev–Trinajstić information content (AvgIpc) is 2.36. The zero-order chi connectivity index (χ0) is 14.0. The van der Waals surface area contributed by atoms with Crippen LogP contribution in [0.4, 0.5) is 21.7 Å². The molecular weight excluding hydrogens is 275 g/mol. The summed E-state index contributed by atoms with van der Waals surface area (Å²) >= 11 is 5.55. The first-order chi connectivity index (χ1) is 9.02. The molecule has 6 nitrogen and oxygen atoms in total. The number of aldehydes is 1. The van der Waals surface area contributed by atoms with Crippen molar-refractivity contribution in [2.45, 2.75) is 0 Å². The quantitative estimate of drug-likeness (QED) is 0.745. The zero-order valence-electron chi connectivity index (χ0n) is 9.39. The van der Waals surface area contributed by atoms with Crippen molar-refractivity contribution in [2.24, 2.45) is 0 Å².